The van der Waals surface area contributed by atoms with Crippen LogP contribution in [0.4, 0.5) is 5.69 Å². The largest absolute Gasteiger partial charge is 0.497 e. The average Bonchev–Trinajstić information content (AvgIpc) is 2.53. The Labute approximate surface area is 142 Å². The van der Waals surface area contributed by atoms with Crippen molar-refractivity contribution >= 4 is 37.6 Å². The SMILES string of the molecule is COc1ccc(N(CC(=O)O)S(=O)(=O)c2ccc(Br)cc2)cc1. The quantitative estimate of drug-likeness (QED) is 0.806. The molecular weight excluding hydrogens is 386 g/mol. The van der Waals surface area contributed by atoms with Crippen LogP contribution in [-0.2, 0) is 14.8 Å². The second-order valence-corrected chi connectivity index (χ2v) is 7.34. The molecule has 0 bridgehead atoms. The van der Waals surface area contributed by atoms with Gasteiger partial charge in [-0.15, -0.1) is 0 Å². The lowest BCUT2D eigenvalue weighted by Crippen LogP contribution is -2.35. The standard InChI is InChI=1S/C15H14BrNO5S/c1-22-13-6-4-12(5-7-13)17(10-15(18)19)23(20,21)14-8-2-11(16)3-9-14/h2-9H,10H2,1H3,(H,18,19). The van der Waals surface area contributed by atoms with Crippen LogP contribution in [0, 0.1) is 0 Å². The minimum atomic E-state index is -3.99. The van der Waals surface area contributed by atoms with Gasteiger partial charge in [0.05, 0.1) is 17.7 Å². The number of nitrogens with zero attached hydrogens (tertiary/aromatic N) is 1. The Hall–Kier alpha value is -2.06. The maximum absolute atomic E-state index is 12.8. The summed E-state index contributed by atoms with van der Waals surface area (Å²) in [4.78, 5) is 11.1. The molecule has 0 heterocycles. The third-order valence-electron chi connectivity index (χ3n) is 3.04. The van der Waals surface area contributed by atoms with Gasteiger partial charge in [-0.2, -0.15) is 0 Å². The molecule has 0 unspecified atom stereocenters. The Morgan fingerprint density at radius 2 is 1.70 bits per heavy atom. The predicted octanol–water partition coefficient (Wildman–Crippen LogP) is 2.74. The number of rotatable bonds is 6. The highest BCUT2D eigenvalue weighted by atomic mass is 79.9. The molecule has 23 heavy (non-hydrogen) atoms. The minimum absolute atomic E-state index is 0.0118. The number of anilines is 1. The number of hydrogen-bond donors (Lipinski definition) is 1. The van der Waals surface area contributed by atoms with Gasteiger partial charge >= 0.3 is 5.97 Å². The van der Waals surface area contributed by atoms with Gasteiger partial charge in [-0.25, -0.2) is 8.42 Å². The maximum Gasteiger partial charge on any atom is 0.324 e. The van der Waals surface area contributed by atoms with Crippen LogP contribution in [0.1, 0.15) is 0 Å². The summed E-state index contributed by atoms with van der Waals surface area (Å²) in [5.74, 6) is -0.702. The number of benzene rings is 2. The van der Waals surface area contributed by atoms with Gasteiger partial charge in [0.15, 0.2) is 0 Å². The van der Waals surface area contributed by atoms with Gasteiger partial charge in [0.25, 0.3) is 10.0 Å². The summed E-state index contributed by atoms with van der Waals surface area (Å²) >= 11 is 3.23. The summed E-state index contributed by atoms with van der Waals surface area (Å²) in [6.07, 6.45) is 0. The summed E-state index contributed by atoms with van der Waals surface area (Å²) in [5, 5.41) is 9.06. The molecule has 0 saturated heterocycles. The first-order valence-corrected chi connectivity index (χ1v) is 8.72. The van der Waals surface area contributed by atoms with E-state index in [2.05, 4.69) is 15.9 Å². The number of ether oxygens (including phenoxy) is 1. The molecular formula is C15H14BrNO5S. The van der Waals surface area contributed by atoms with Crippen molar-refractivity contribution in [1.82, 2.24) is 0 Å². The lowest BCUT2D eigenvalue weighted by Gasteiger charge is -2.23. The van der Waals surface area contributed by atoms with E-state index >= 15 is 0 Å². The van der Waals surface area contributed by atoms with Gasteiger partial charge in [-0.3, -0.25) is 9.10 Å². The molecule has 0 radical (unpaired) electrons. The van der Waals surface area contributed by atoms with Gasteiger partial charge in [0, 0.05) is 4.47 Å². The second-order valence-electron chi connectivity index (χ2n) is 4.56. The Morgan fingerprint density at radius 1 is 1.13 bits per heavy atom. The molecule has 0 amide bonds. The van der Waals surface area contributed by atoms with E-state index in [1.165, 1.54) is 31.4 Å². The van der Waals surface area contributed by atoms with Crippen molar-refractivity contribution in [2.24, 2.45) is 0 Å². The van der Waals surface area contributed by atoms with E-state index in [-0.39, 0.29) is 10.6 Å². The Kier molecular flexibility index (Phi) is 5.27. The molecule has 0 saturated carbocycles. The molecule has 0 atom stereocenters. The molecule has 0 aromatic heterocycles. The van der Waals surface area contributed by atoms with Crippen LogP contribution >= 0.6 is 15.9 Å². The average molecular weight is 400 g/mol. The molecule has 6 nitrogen and oxygen atoms in total. The molecule has 0 aliphatic heterocycles. The molecule has 0 aliphatic carbocycles. The molecule has 0 spiro atoms. The summed E-state index contributed by atoms with van der Waals surface area (Å²) in [6.45, 7) is -0.676. The number of methoxy groups -OCH3 is 1. The lowest BCUT2D eigenvalue weighted by atomic mass is 10.3. The van der Waals surface area contributed by atoms with Crippen molar-refractivity contribution in [2.45, 2.75) is 4.90 Å². The number of aliphatic carboxylic acids is 1. The molecule has 2 aromatic rings. The van der Waals surface area contributed by atoms with Crippen LogP contribution in [0.3, 0.4) is 0 Å². The number of hydrogen-bond acceptors (Lipinski definition) is 4. The molecule has 1 N–H and O–H groups in total. The fraction of sp³-hybridized carbons (Fsp3) is 0.133. The Balaban J connectivity index is 2.48. The molecule has 122 valence electrons. The van der Waals surface area contributed by atoms with Crippen molar-refractivity contribution in [3.63, 3.8) is 0 Å². The number of sulfonamides is 1. The van der Waals surface area contributed by atoms with Crippen LogP contribution in [0.5, 0.6) is 5.75 Å². The first kappa shape index (κ1) is 17.3. The second kappa shape index (κ2) is 7.01. The number of carboxylic acid groups (broad SMARTS) is 1. The lowest BCUT2D eigenvalue weighted by molar-refractivity contribution is -0.135. The van der Waals surface area contributed by atoms with Crippen LogP contribution in [0.25, 0.3) is 0 Å². The smallest absolute Gasteiger partial charge is 0.324 e. The highest BCUT2D eigenvalue weighted by Crippen LogP contribution is 2.26. The van der Waals surface area contributed by atoms with Crippen molar-refractivity contribution in [1.29, 1.82) is 0 Å². The van der Waals surface area contributed by atoms with Crippen LogP contribution in [0.15, 0.2) is 57.9 Å². The van der Waals surface area contributed by atoms with Gasteiger partial charge in [-0.1, -0.05) is 15.9 Å². The van der Waals surface area contributed by atoms with E-state index in [1.54, 1.807) is 24.3 Å². The minimum Gasteiger partial charge on any atom is -0.497 e. The summed E-state index contributed by atoms with van der Waals surface area (Å²) in [7, 11) is -2.51. The van der Waals surface area contributed by atoms with Gasteiger partial charge in [0.1, 0.15) is 12.3 Å². The topological polar surface area (TPSA) is 83.9 Å². The Bertz CT molecular complexity index is 788. The van der Waals surface area contributed by atoms with E-state index in [0.29, 0.717) is 5.75 Å². The summed E-state index contributed by atoms with van der Waals surface area (Å²) in [5.41, 5.74) is 0.246. The van der Waals surface area contributed by atoms with E-state index in [9.17, 15) is 13.2 Å². The number of carboxylic acids is 1. The third-order valence-corrected chi connectivity index (χ3v) is 5.36. The monoisotopic (exact) mass is 399 g/mol. The first-order valence-electron chi connectivity index (χ1n) is 6.49. The summed E-state index contributed by atoms with van der Waals surface area (Å²) in [6, 6.07) is 12.1. The van der Waals surface area contributed by atoms with E-state index < -0.39 is 22.5 Å². The van der Waals surface area contributed by atoms with Gasteiger partial charge in [-0.05, 0) is 48.5 Å². The fourth-order valence-corrected chi connectivity index (χ4v) is 3.60. The third kappa shape index (κ3) is 4.02. The number of halogens is 1. The van der Waals surface area contributed by atoms with Crippen molar-refractivity contribution in [3.8, 4) is 5.75 Å². The fourth-order valence-electron chi connectivity index (χ4n) is 1.92. The summed E-state index contributed by atoms with van der Waals surface area (Å²) < 4.78 is 32.1. The zero-order valence-electron chi connectivity index (χ0n) is 12.1. The normalized spacial score (nSPS) is 11.0. The van der Waals surface area contributed by atoms with E-state index in [1.807, 2.05) is 0 Å². The van der Waals surface area contributed by atoms with Crippen molar-refractivity contribution < 1.29 is 23.1 Å². The van der Waals surface area contributed by atoms with Gasteiger partial charge < -0.3 is 9.84 Å². The maximum atomic E-state index is 12.8. The van der Waals surface area contributed by atoms with E-state index in [4.69, 9.17) is 9.84 Å². The highest BCUT2D eigenvalue weighted by Gasteiger charge is 2.27. The molecule has 8 heteroatoms. The molecule has 0 fully saturated rings. The molecule has 0 aliphatic rings. The zero-order chi connectivity index (χ0) is 17.0. The molecule has 2 aromatic carbocycles. The van der Waals surface area contributed by atoms with E-state index in [0.717, 1.165) is 8.78 Å². The van der Waals surface area contributed by atoms with Crippen molar-refractivity contribution in [2.75, 3.05) is 18.0 Å². The van der Waals surface area contributed by atoms with Crippen molar-refractivity contribution in [3.05, 3.63) is 53.0 Å². The zero-order valence-corrected chi connectivity index (χ0v) is 14.5. The van der Waals surface area contributed by atoms with Gasteiger partial charge in [0.2, 0.25) is 0 Å². The molecule has 2 rings (SSSR count). The predicted molar refractivity (Wildman–Crippen MR) is 89.3 cm³/mol. The highest BCUT2D eigenvalue weighted by molar-refractivity contribution is 9.10. The Morgan fingerprint density at radius 3 is 2.17 bits per heavy atom. The number of carbonyl (C=O) groups is 1. The van der Waals surface area contributed by atoms with Crippen LogP contribution in [-0.4, -0.2) is 33.1 Å². The van der Waals surface area contributed by atoms with Crippen LogP contribution < -0.4 is 9.04 Å². The van der Waals surface area contributed by atoms with Crippen LogP contribution in [0.2, 0.25) is 0 Å². The first-order chi connectivity index (χ1) is 10.8.